The summed E-state index contributed by atoms with van der Waals surface area (Å²) in [7, 11) is 0. The molecule has 0 radical (unpaired) electrons. The van der Waals surface area contributed by atoms with Crippen molar-refractivity contribution >= 4 is 23.5 Å². The maximum Gasteiger partial charge on any atom is 0.417 e. The van der Waals surface area contributed by atoms with Crippen molar-refractivity contribution in [2.24, 2.45) is 10.7 Å². The van der Waals surface area contributed by atoms with Gasteiger partial charge in [-0.2, -0.15) is 13.2 Å². The first-order valence-electron chi connectivity index (χ1n) is 4.23. The first-order valence-corrected chi connectivity index (χ1v) is 4.60. The van der Waals surface area contributed by atoms with Crippen molar-refractivity contribution in [2.75, 3.05) is 0 Å². The molecule has 1 aromatic rings. The van der Waals surface area contributed by atoms with Gasteiger partial charge in [0.1, 0.15) is 0 Å². The van der Waals surface area contributed by atoms with Gasteiger partial charge in [-0.15, -0.1) is 0 Å². The Balaban J connectivity index is 3.08. The number of allylic oxidation sites excluding steroid dienone is 1. The Hall–Kier alpha value is -1.49. The minimum atomic E-state index is -4.48. The minimum Gasteiger partial charge on any atom is -0.405 e. The number of benzene rings is 1. The van der Waals surface area contributed by atoms with E-state index in [4.69, 9.17) is 17.3 Å². The fraction of sp³-hybridized carbons (Fsp3) is 0.100. The van der Waals surface area contributed by atoms with Crippen molar-refractivity contribution in [1.82, 2.24) is 0 Å². The van der Waals surface area contributed by atoms with E-state index in [9.17, 15) is 13.2 Å². The van der Waals surface area contributed by atoms with E-state index in [1.807, 2.05) is 0 Å². The molecule has 0 aliphatic carbocycles. The zero-order valence-electron chi connectivity index (χ0n) is 8.00. The fourth-order valence-corrected chi connectivity index (χ4v) is 1.21. The summed E-state index contributed by atoms with van der Waals surface area (Å²) in [6.07, 6.45) is -0.554. The predicted octanol–water partition coefficient (Wildman–Crippen LogP) is 3.53. The Morgan fingerprint density at radius 2 is 2.00 bits per heavy atom. The van der Waals surface area contributed by atoms with E-state index >= 15 is 0 Å². The van der Waals surface area contributed by atoms with E-state index in [1.165, 1.54) is 24.6 Å². The molecule has 0 saturated carbocycles. The molecule has 0 fully saturated rings. The molecule has 0 aromatic heterocycles. The highest BCUT2D eigenvalue weighted by Gasteiger charge is 2.33. The van der Waals surface area contributed by atoms with Crippen LogP contribution in [0.4, 0.5) is 18.9 Å². The smallest absolute Gasteiger partial charge is 0.405 e. The maximum absolute atomic E-state index is 12.4. The van der Waals surface area contributed by atoms with Gasteiger partial charge in [0.25, 0.3) is 0 Å². The van der Waals surface area contributed by atoms with Crippen LogP contribution in [-0.4, -0.2) is 6.21 Å². The van der Waals surface area contributed by atoms with Gasteiger partial charge in [0.15, 0.2) is 0 Å². The summed E-state index contributed by atoms with van der Waals surface area (Å²) >= 11 is 5.44. The largest absolute Gasteiger partial charge is 0.417 e. The second-order valence-corrected chi connectivity index (χ2v) is 3.23. The first-order chi connectivity index (χ1) is 7.45. The van der Waals surface area contributed by atoms with Gasteiger partial charge < -0.3 is 5.73 Å². The molecule has 6 heteroatoms. The van der Waals surface area contributed by atoms with Crippen LogP contribution in [0, 0.1) is 0 Å². The molecule has 0 atom stereocenters. The second-order valence-electron chi connectivity index (χ2n) is 2.82. The van der Waals surface area contributed by atoms with Crippen molar-refractivity contribution in [3.05, 3.63) is 41.1 Å². The number of rotatable bonds is 2. The molecular formula is C10H8ClF3N2. The zero-order valence-corrected chi connectivity index (χ0v) is 8.76. The molecule has 0 saturated heterocycles. The number of halogens is 4. The normalized spacial score (nSPS) is 12.8. The number of hydrogen-bond donors (Lipinski definition) is 1. The Bertz CT molecular complexity index is 425. The zero-order chi connectivity index (χ0) is 12.2. The standard InChI is InChI=1S/C10H8ClF3N2/c11-9-3-2-7(16-5-1-4-15)6-8(9)10(12,13)14/h1-6H,15H2/b4-1-,16-5?. The summed E-state index contributed by atoms with van der Waals surface area (Å²) in [5.74, 6) is 0. The summed E-state index contributed by atoms with van der Waals surface area (Å²) in [6, 6.07) is 3.42. The quantitative estimate of drug-likeness (QED) is 0.799. The SMILES string of the molecule is N/C=C\C=Nc1ccc(Cl)c(C(F)(F)F)c1. The van der Waals surface area contributed by atoms with Gasteiger partial charge in [0.2, 0.25) is 0 Å². The molecule has 0 aliphatic rings. The van der Waals surface area contributed by atoms with E-state index in [0.717, 1.165) is 12.1 Å². The van der Waals surface area contributed by atoms with Crippen LogP contribution in [-0.2, 0) is 6.18 Å². The molecule has 0 spiro atoms. The number of alkyl halides is 3. The summed E-state index contributed by atoms with van der Waals surface area (Å²) < 4.78 is 37.3. The molecule has 1 rings (SSSR count). The van der Waals surface area contributed by atoms with Crippen molar-refractivity contribution < 1.29 is 13.2 Å². The lowest BCUT2D eigenvalue weighted by Crippen LogP contribution is -2.05. The number of nitrogens with two attached hydrogens (primary N) is 1. The molecule has 0 bridgehead atoms. The maximum atomic E-state index is 12.4. The van der Waals surface area contributed by atoms with Crippen molar-refractivity contribution in [1.29, 1.82) is 0 Å². The van der Waals surface area contributed by atoms with E-state index in [2.05, 4.69) is 4.99 Å². The molecular weight excluding hydrogens is 241 g/mol. The van der Waals surface area contributed by atoms with Gasteiger partial charge in [0.05, 0.1) is 16.3 Å². The molecule has 1 aromatic carbocycles. The van der Waals surface area contributed by atoms with Crippen LogP contribution < -0.4 is 5.73 Å². The summed E-state index contributed by atoms with van der Waals surface area (Å²) in [6.45, 7) is 0. The highest BCUT2D eigenvalue weighted by Crippen LogP contribution is 2.36. The van der Waals surface area contributed by atoms with Crippen LogP contribution in [0.15, 0.2) is 35.5 Å². The average Bonchev–Trinajstić information content (AvgIpc) is 2.19. The highest BCUT2D eigenvalue weighted by molar-refractivity contribution is 6.31. The summed E-state index contributed by atoms with van der Waals surface area (Å²) in [5.41, 5.74) is 4.30. The van der Waals surface area contributed by atoms with Crippen LogP contribution in [0.3, 0.4) is 0 Å². The average molecular weight is 249 g/mol. The Morgan fingerprint density at radius 1 is 1.31 bits per heavy atom. The number of hydrogen-bond acceptors (Lipinski definition) is 2. The molecule has 0 amide bonds. The lowest BCUT2D eigenvalue weighted by Gasteiger charge is -2.08. The lowest BCUT2D eigenvalue weighted by atomic mass is 10.2. The van der Waals surface area contributed by atoms with Crippen LogP contribution in [0.25, 0.3) is 0 Å². The van der Waals surface area contributed by atoms with E-state index in [0.29, 0.717) is 0 Å². The van der Waals surface area contributed by atoms with Gasteiger partial charge in [0, 0.05) is 6.21 Å². The molecule has 0 aliphatic heterocycles. The first kappa shape index (κ1) is 12.6. The highest BCUT2D eigenvalue weighted by atomic mass is 35.5. The molecule has 0 heterocycles. The topological polar surface area (TPSA) is 38.4 Å². The number of nitrogens with zero attached hydrogens (tertiary/aromatic N) is 1. The van der Waals surface area contributed by atoms with Crippen LogP contribution in [0.5, 0.6) is 0 Å². The third-order valence-electron chi connectivity index (χ3n) is 1.68. The molecule has 2 N–H and O–H groups in total. The van der Waals surface area contributed by atoms with Crippen molar-refractivity contribution in [3.8, 4) is 0 Å². The Labute approximate surface area is 95.2 Å². The fourth-order valence-electron chi connectivity index (χ4n) is 0.990. The monoisotopic (exact) mass is 248 g/mol. The third-order valence-corrected chi connectivity index (χ3v) is 2.01. The summed E-state index contributed by atoms with van der Waals surface area (Å²) in [5, 5.41) is -0.346. The van der Waals surface area contributed by atoms with Crippen LogP contribution in [0.2, 0.25) is 5.02 Å². The number of aliphatic imine (C=N–C) groups is 1. The van der Waals surface area contributed by atoms with Gasteiger partial charge in [-0.05, 0) is 30.5 Å². The van der Waals surface area contributed by atoms with E-state index < -0.39 is 11.7 Å². The molecule has 0 unspecified atom stereocenters. The van der Waals surface area contributed by atoms with Crippen molar-refractivity contribution in [2.45, 2.75) is 6.18 Å². The predicted molar refractivity (Wildman–Crippen MR) is 57.9 cm³/mol. The Kier molecular flexibility index (Phi) is 3.95. The van der Waals surface area contributed by atoms with E-state index in [1.54, 1.807) is 0 Å². The lowest BCUT2D eigenvalue weighted by molar-refractivity contribution is -0.137. The minimum absolute atomic E-state index is 0.162. The molecule has 86 valence electrons. The molecule has 16 heavy (non-hydrogen) atoms. The van der Waals surface area contributed by atoms with Gasteiger partial charge >= 0.3 is 6.18 Å². The van der Waals surface area contributed by atoms with E-state index in [-0.39, 0.29) is 10.7 Å². The third kappa shape index (κ3) is 3.27. The van der Waals surface area contributed by atoms with Crippen LogP contribution >= 0.6 is 11.6 Å². The Morgan fingerprint density at radius 3 is 2.56 bits per heavy atom. The van der Waals surface area contributed by atoms with Crippen LogP contribution in [0.1, 0.15) is 5.56 Å². The summed E-state index contributed by atoms with van der Waals surface area (Å²) in [4.78, 5) is 3.76. The van der Waals surface area contributed by atoms with Gasteiger partial charge in [-0.3, -0.25) is 4.99 Å². The van der Waals surface area contributed by atoms with Gasteiger partial charge in [-0.25, -0.2) is 0 Å². The second kappa shape index (κ2) is 5.03. The van der Waals surface area contributed by atoms with Crippen molar-refractivity contribution in [3.63, 3.8) is 0 Å². The molecule has 2 nitrogen and oxygen atoms in total. The van der Waals surface area contributed by atoms with Gasteiger partial charge in [-0.1, -0.05) is 11.6 Å².